The van der Waals surface area contributed by atoms with Gasteiger partial charge in [0.25, 0.3) is 11.5 Å². The summed E-state index contributed by atoms with van der Waals surface area (Å²) in [7, 11) is 0. The lowest BCUT2D eigenvalue weighted by molar-refractivity contribution is -0.376. The Labute approximate surface area is 266 Å². The molecule has 0 aliphatic carbocycles. The summed E-state index contributed by atoms with van der Waals surface area (Å²) in [6.07, 6.45) is -9.63. The van der Waals surface area contributed by atoms with Crippen LogP contribution in [0.3, 0.4) is 0 Å². The number of hydrogen-bond donors (Lipinski definition) is 2. The Morgan fingerprint density at radius 3 is 2.44 bits per heavy atom. The molecule has 5 rings (SSSR count). The maximum absolute atomic E-state index is 13.6. The Balaban J connectivity index is 1.41. The summed E-state index contributed by atoms with van der Waals surface area (Å²) in [5.41, 5.74) is -5.86. The number of carbonyl (C=O) groups excluding carboxylic acids is 2. The number of carbonyl (C=O) groups is 2. The van der Waals surface area contributed by atoms with Crippen molar-refractivity contribution in [2.24, 2.45) is 0 Å². The van der Waals surface area contributed by atoms with Crippen LogP contribution in [0.25, 0.3) is 0 Å². The fourth-order valence-corrected chi connectivity index (χ4v) is 5.77. The second kappa shape index (κ2) is 11.6. The van der Waals surface area contributed by atoms with Crippen molar-refractivity contribution in [3.05, 3.63) is 80.0 Å². The van der Waals surface area contributed by atoms with Crippen molar-refractivity contribution < 1.29 is 50.5 Å². The summed E-state index contributed by atoms with van der Waals surface area (Å²) in [6, 6.07) is 8.13. The number of hydrogen-bond acceptors (Lipinski definition) is 6. The molecule has 240 valence electrons. The number of amides is 3. The highest BCUT2D eigenvalue weighted by atomic mass is 127. The first kappa shape index (κ1) is 32.8. The second-order valence-electron chi connectivity index (χ2n) is 10.9. The van der Waals surface area contributed by atoms with Crippen LogP contribution in [-0.2, 0) is 35.3 Å². The summed E-state index contributed by atoms with van der Waals surface area (Å²) in [4.78, 5) is 31.8. The minimum absolute atomic E-state index is 0.0200. The van der Waals surface area contributed by atoms with E-state index < -0.39 is 41.0 Å². The van der Waals surface area contributed by atoms with Gasteiger partial charge in [0.05, 0.1) is 13.2 Å². The Morgan fingerprint density at radius 2 is 1.78 bits per heavy atom. The van der Waals surface area contributed by atoms with Gasteiger partial charge in [-0.2, -0.15) is 26.3 Å². The molecule has 0 spiro atoms. The van der Waals surface area contributed by atoms with Crippen molar-refractivity contribution in [2.45, 2.75) is 63.1 Å². The van der Waals surface area contributed by atoms with Gasteiger partial charge in [-0.3, -0.25) is 9.69 Å². The van der Waals surface area contributed by atoms with E-state index in [2.05, 4.69) is 10.3 Å². The normalized spacial score (nSPS) is 18.6. The van der Waals surface area contributed by atoms with Gasteiger partial charge in [0.1, 0.15) is 17.0 Å². The number of rotatable bonds is 8. The molecule has 45 heavy (non-hydrogen) atoms. The zero-order valence-corrected chi connectivity index (χ0v) is 25.9. The number of fused-ring (bicyclic) bond motifs is 1. The maximum Gasteiger partial charge on any atom is 0.430 e. The second-order valence-corrected chi connectivity index (χ2v) is 12.0. The number of urea groups is 1. The lowest BCUT2D eigenvalue weighted by Crippen LogP contribution is -2.53. The Kier molecular flexibility index (Phi) is 8.48. The molecule has 3 amide bonds. The standard InChI is InChI=1S/C30H26F6IN3O5/c1-3-4-16-12-20(28(43,29(31,32)33)30(34,35)36)6-8-23(16)45-24-13-18(21(37)14-38-24)15-40-25(41)27(2,39-26(40)42)19-5-7-22-17(11-19)9-10-44-22/h5-8,11-14,43H,3-4,9-10,15H2,1-2H3,(H,39,42). The lowest BCUT2D eigenvalue weighted by atomic mass is 9.90. The molecule has 1 aromatic heterocycles. The van der Waals surface area contributed by atoms with Crippen LogP contribution < -0.4 is 14.8 Å². The van der Waals surface area contributed by atoms with Gasteiger partial charge in [-0.1, -0.05) is 25.5 Å². The van der Waals surface area contributed by atoms with E-state index >= 15 is 0 Å². The molecule has 15 heteroatoms. The van der Waals surface area contributed by atoms with Crippen LogP contribution in [0.2, 0.25) is 0 Å². The van der Waals surface area contributed by atoms with Crippen molar-refractivity contribution >= 4 is 34.5 Å². The third-order valence-corrected chi connectivity index (χ3v) is 8.78. The molecule has 2 aliphatic rings. The maximum atomic E-state index is 13.6. The van der Waals surface area contributed by atoms with Crippen LogP contribution in [-0.4, -0.2) is 45.9 Å². The largest absolute Gasteiger partial charge is 0.493 e. The predicted octanol–water partition coefficient (Wildman–Crippen LogP) is 6.65. The molecule has 1 saturated heterocycles. The molecule has 1 unspecified atom stereocenters. The van der Waals surface area contributed by atoms with E-state index in [-0.39, 0.29) is 30.2 Å². The number of nitrogens with one attached hydrogen (secondary N) is 1. The zero-order chi connectivity index (χ0) is 32.9. The van der Waals surface area contributed by atoms with Crippen LogP contribution >= 0.6 is 22.6 Å². The van der Waals surface area contributed by atoms with Crippen LogP contribution in [0.4, 0.5) is 31.1 Å². The summed E-state index contributed by atoms with van der Waals surface area (Å²) >= 11 is 1.95. The number of ether oxygens (including phenoxy) is 2. The number of alkyl halides is 6. The molecule has 1 fully saturated rings. The first-order valence-corrected chi connectivity index (χ1v) is 14.8. The van der Waals surface area contributed by atoms with E-state index in [1.165, 1.54) is 12.3 Å². The average Bonchev–Trinajstić information content (AvgIpc) is 3.52. The highest BCUT2D eigenvalue weighted by molar-refractivity contribution is 14.1. The number of aryl methyl sites for hydroxylation is 1. The average molecular weight is 749 g/mol. The fourth-order valence-electron chi connectivity index (χ4n) is 5.31. The number of halogens is 7. The lowest BCUT2D eigenvalue weighted by Gasteiger charge is -2.33. The van der Waals surface area contributed by atoms with Gasteiger partial charge in [-0.15, -0.1) is 0 Å². The highest BCUT2D eigenvalue weighted by Crippen LogP contribution is 2.50. The predicted molar refractivity (Wildman–Crippen MR) is 156 cm³/mol. The first-order valence-electron chi connectivity index (χ1n) is 13.7. The Bertz CT molecular complexity index is 1650. The monoisotopic (exact) mass is 749 g/mol. The minimum Gasteiger partial charge on any atom is -0.493 e. The van der Waals surface area contributed by atoms with Crippen molar-refractivity contribution in [1.29, 1.82) is 0 Å². The van der Waals surface area contributed by atoms with Crippen molar-refractivity contribution in [3.63, 3.8) is 0 Å². The zero-order valence-electron chi connectivity index (χ0n) is 23.8. The van der Waals surface area contributed by atoms with Gasteiger partial charge in [-0.05, 0) is 82.5 Å². The van der Waals surface area contributed by atoms with Gasteiger partial charge in [-0.25, -0.2) is 9.78 Å². The van der Waals surface area contributed by atoms with Crippen molar-refractivity contribution in [1.82, 2.24) is 15.2 Å². The van der Waals surface area contributed by atoms with E-state index in [1.807, 2.05) is 28.7 Å². The number of imide groups is 1. The van der Waals surface area contributed by atoms with E-state index in [0.29, 0.717) is 46.3 Å². The number of aromatic nitrogens is 1. The van der Waals surface area contributed by atoms with Crippen molar-refractivity contribution in [3.8, 4) is 17.4 Å². The Morgan fingerprint density at radius 1 is 1.07 bits per heavy atom. The summed E-state index contributed by atoms with van der Waals surface area (Å²) < 4.78 is 92.8. The summed E-state index contributed by atoms with van der Waals surface area (Å²) in [6.45, 7) is 3.63. The van der Waals surface area contributed by atoms with Gasteiger partial charge in [0.2, 0.25) is 5.88 Å². The van der Waals surface area contributed by atoms with E-state index in [9.17, 15) is 41.0 Å². The minimum atomic E-state index is -6.03. The Hall–Kier alpha value is -3.60. The molecule has 2 N–H and O–H groups in total. The molecule has 3 aromatic rings. The quantitative estimate of drug-likeness (QED) is 0.152. The van der Waals surface area contributed by atoms with Gasteiger partial charge in [0.15, 0.2) is 0 Å². The summed E-state index contributed by atoms with van der Waals surface area (Å²) in [5, 5.41) is 12.6. The number of pyridine rings is 1. The number of nitrogens with zero attached hydrogens (tertiary/aromatic N) is 2. The molecular formula is C30H26F6IN3O5. The van der Waals surface area contributed by atoms with Crippen LogP contribution in [0.15, 0.2) is 48.7 Å². The van der Waals surface area contributed by atoms with E-state index in [0.717, 1.165) is 22.3 Å². The fraction of sp³-hybridized carbons (Fsp3) is 0.367. The molecule has 2 aromatic carbocycles. The van der Waals surface area contributed by atoms with E-state index in [4.69, 9.17) is 9.47 Å². The van der Waals surface area contributed by atoms with E-state index in [1.54, 1.807) is 26.0 Å². The van der Waals surface area contributed by atoms with Crippen LogP contribution in [0, 0.1) is 3.57 Å². The molecule has 0 saturated carbocycles. The van der Waals surface area contributed by atoms with Gasteiger partial charge >= 0.3 is 18.4 Å². The molecule has 0 bridgehead atoms. The highest BCUT2D eigenvalue weighted by Gasteiger charge is 2.71. The molecular weight excluding hydrogens is 723 g/mol. The number of aliphatic hydroxyl groups is 1. The van der Waals surface area contributed by atoms with Gasteiger partial charge < -0.3 is 19.9 Å². The number of benzene rings is 2. The van der Waals surface area contributed by atoms with Crippen LogP contribution in [0.5, 0.6) is 17.4 Å². The third-order valence-electron chi connectivity index (χ3n) is 7.81. The molecule has 8 nitrogen and oxygen atoms in total. The van der Waals surface area contributed by atoms with Crippen molar-refractivity contribution in [2.75, 3.05) is 6.61 Å². The SMILES string of the molecule is CCCc1cc(C(O)(C(F)(F)F)C(F)(F)F)ccc1Oc1cc(CN2C(=O)NC(C)(c3ccc4c(c3)CCO4)C2=O)c(I)cn1. The first-order chi connectivity index (χ1) is 21.0. The molecule has 2 aliphatic heterocycles. The topological polar surface area (TPSA) is 101 Å². The third kappa shape index (κ3) is 5.79. The van der Waals surface area contributed by atoms with Crippen LogP contribution in [0.1, 0.15) is 48.1 Å². The molecule has 1 atom stereocenters. The molecule has 0 radical (unpaired) electrons. The van der Waals surface area contributed by atoms with Gasteiger partial charge in [0, 0.05) is 27.8 Å². The smallest absolute Gasteiger partial charge is 0.430 e. The molecule has 3 heterocycles. The summed E-state index contributed by atoms with van der Waals surface area (Å²) in [5.74, 6) is 0.0769.